The molecule has 1 rings (SSSR count). The lowest BCUT2D eigenvalue weighted by Gasteiger charge is -2.33. The van der Waals surface area contributed by atoms with Crippen LogP contribution in [-0.4, -0.2) is 23.9 Å². The van der Waals surface area contributed by atoms with Crippen molar-refractivity contribution in [2.24, 2.45) is 11.7 Å². The van der Waals surface area contributed by atoms with E-state index in [9.17, 15) is 4.79 Å². The molecule has 0 saturated heterocycles. The Bertz CT molecular complexity index is 378. The van der Waals surface area contributed by atoms with Crippen molar-refractivity contribution in [2.75, 3.05) is 13.1 Å². The first-order valence-corrected chi connectivity index (χ1v) is 7.21. The molecule has 0 fully saturated rings. The number of carbonyl (C=O) groups excluding carboxylic acids is 1. The SMILES string of the molecule is CCCN(C(=O)C(C)CN)C(CC)c1ccccc1. The molecule has 0 aliphatic heterocycles. The van der Waals surface area contributed by atoms with E-state index in [1.165, 1.54) is 5.56 Å². The Kier molecular flexibility index (Phi) is 6.57. The van der Waals surface area contributed by atoms with Crippen LogP contribution in [0.3, 0.4) is 0 Å². The zero-order valence-electron chi connectivity index (χ0n) is 12.3. The van der Waals surface area contributed by atoms with Crippen molar-refractivity contribution in [1.82, 2.24) is 4.90 Å². The average molecular weight is 262 g/mol. The maximum Gasteiger partial charge on any atom is 0.227 e. The van der Waals surface area contributed by atoms with Crippen LogP contribution in [0.1, 0.15) is 45.2 Å². The van der Waals surface area contributed by atoms with Crippen molar-refractivity contribution in [3.63, 3.8) is 0 Å². The summed E-state index contributed by atoms with van der Waals surface area (Å²) in [6.07, 6.45) is 1.89. The molecule has 3 heteroatoms. The Morgan fingerprint density at radius 1 is 1.26 bits per heavy atom. The van der Waals surface area contributed by atoms with Crippen LogP contribution < -0.4 is 5.73 Å². The lowest BCUT2D eigenvalue weighted by Crippen LogP contribution is -2.40. The van der Waals surface area contributed by atoms with E-state index in [1.807, 2.05) is 30.0 Å². The van der Waals surface area contributed by atoms with Gasteiger partial charge in [-0.1, -0.05) is 51.1 Å². The summed E-state index contributed by atoms with van der Waals surface area (Å²) in [5.41, 5.74) is 6.84. The molecule has 19 heavy (non-hydrogen) atoms. The van der Waals surface area contributed by atoms with Crippen molar-refractivity contribution < 1.29 is 4.79 Å². The summed E-state index contributed by atoms with van der Waals surface area (Å²) in [5, 5.41) is 0. The van der Waals surface area contributed by atoms with Gasteiger partial charge in [0, 0.05) is 19.0 Å². The van der Waals surface area contributed by atoms with E-state index in [-0.39, 0.29) is 17.9 Å². The van der Waals surface area contributed by atoms with Gasteiger partial charge in [0.15, 0.2) is 0 Å². The molecule has 0 heterocycles. The maximum atomic E-state index is 12.5. The van der Waals surface area contributed by atoms with Crippen molar-refractivity contribution in [1.29, 1.82) is 0 Å². The van der Waals surface area contributed by atoms with Gasteiger partial charge in [-0.3, -0.25) is 4.79 Å². The third-order valence-corrected chi connectivity index (χ3v) is 3.47. The summed E-state index contributed by atoms with van der Waals surface area (Å²) >= 11 is 0. The molecule has 0 aromatic heterocycles. The maximum absolute atomic E-state index is 12.5. The van der Waals surface area contributed by atoms with E-state index in [0.717, 1.165) is 19.4 Å². The predicted molar refractivity (Wildman–Crippen MR) is 79.7 cm³/mol. The smallest absolute Gasteiger partial charge is 0.227 e. The number of nitrogens with two attached hydrogens (primary N) is 1. The van der Waals surface area contributed by atoms with Crippen molar-refractivity contribution in [2.45, 2.75) is 39.7 Å². The lowest BCUT2D eigenvalue weighted by molar-refractivity contribution is -0.137. The van der Waals surface area contributed by atoms with Crippen LogP contribution in [0.2, 0.25) is 0 Å². The molecular formula is C16H26N2O. The van der Waals surface area contributed by atoms with Crippen LogP contribution in [0.5, 0.6) is 0 Å². The zero-order chi connectivity index (χ0) is 14.3. The van der Waals surface area contributed by atoms with Crippen LogP contribution in [0.15, 0.2) is 30.3 Å². The first-order valence-electron chi connectivity index (χ1n) is 7.21. The monoisotopic (exact) mass is 262 g/mol. The highest BCUT2D eigenvalue weighted by Crippen LogP contribution is 2.25. The van der Waals surface area contributed by atoms with Gasteiger partial charge in [0.05, 0.1) is 6.04 Å². The van der Waals surface area contributed by atoms with Crippen LogP contribution in [-0.2, 0) is 4.79 Å². The minimum absolute atomic E-state index is 0.107. The molecule has 106 valence electrons. The highest BCUT2D eigenvalue weighted by atomic mass is 16.2. The van der Waals surface area contributed by atoms with Crippen LogP contribution in [0.25, 0.3) is 0 Å². The molecule has 0 bridgehead atoms. The summed E-state index contributed by atoms with van der Waals surface area (Å²) in [7, 11) is 0. The van der Waals surface area contributed by atoms with Crippen molar-refractivity contribution in [3.8, 4) is 0 Å². The number of benzene rings is 1. The van der Waals surface area contributed by atoms with Crippen molar-refractivity contribution in [3.05, 3.63) is 35.9 Å². The van der Waals surface area contributed by atoms with E-state index in [0.29, 0.717) is 6.54 Å². The fourth-order valence-corrected chi connectivity index (χ4v) is 2.36. The Balaban J connectivity index is 2.98. The highest BCUT2D eigenvalue weighted by molar-refractivity contribution is 5.79. The third kappa shape index (κ3) is 4.06. The molecule has 1 aromatic carbocycles. The van der Waals surface area contributed by atoms with Crippen LogP contribution >= 0.6 is 0 Å². The predicted octanol–water partition coefficient (Wildman–Crippen LogP) is 2.97. The Morgan fingerprint density at radius 2 is 1.89 bits per heavy atom. The lowest BCUT2D eigenvalue weighted by atomic mass is 10.0. The van der Waals surface area contributed by atoms with E-state index in [1.54, 1.807) is 0 Å². The van der Waals surface area contributed by atoms with Gasteiger partial charge in [-0.05, 0) is 18.4 Å². The van der Waals surface area contributed by atoms with Crippen molar-refractivity contribution >= 4 is 5.91 Å². The van der Waals surface area contributed by atoms with E-state index >= 15 is 0 Å². The zero-order valence-corrected chi connectivity index (χ0v) is 12.3. The minimum atomic E-state index is -0.107. The molecule has 3 nitrogen and oxygen atoms in total. The van der Waals surface area contributed by atoms with E-state index < -0.39 is 0 Å². The summed E-state index contributed by atoms with van der Waals surface area (Å²) in [4.78, 5) is 14.5. The molecule has 2 atom stereocenters. The standard InChI is InChI=1S/C16H26N2O/c1-4-11-18(16(19)13(3)12-17)15(5-2)14-9-7-6-8-10-14/h6-10,13,15H,4-5,11-12,17H2,1-3H3. The van der Waals surface area contributed by atoms with Gasteiger partial charge in [-0.15, -0.1) is 0 Å². The number of nitrogens with zero attached hydrogens (tertiary/aromatic N) is 1. The Labute approximate surface area is 116 Å². The van der Waals surface area contributed by atoms with E-state index in [4.69, 9.17) is 5.73 Å². The van der Waals surface area contributed by atoms with Gasteiger partial charge in [-0.2, -0.15) is 0 Å². The quantitative estimate of drug-likeness (QED) is 0.821. The summed E-state index contributed by atoms with van der Waals surface area (Å²) in [6.45, 7) is 7.33. The second-order valence-electron chi connectivity index (χ2n) is 5.00. The average Bonchev–Trinajstić information content (AvgIpc) is 2.46. The molecule has 0 spiro atoms. The molecule has 0 aliphatic carbocycles. The first kappa shape index (κ1) is 15.7. The number of amides is 1. The molecule has 1 aromatic rings. The van der Waals surface area contributed by atoms with E-state index in [2.05, 4.69) is 26.0 Å². The third-order valence-electron chi connectivity index (χ3n) is 3.47. The number of carbonyl (C=O) groups is 1. The summed E-state index contributed by atoms with van der Waals surface area (Å²) in [6, 6.07) is 10.4. The molecular weight excluding hydrogens is 236 g/mol. The van der Waals surface area contributed by atoms with Crippen LogP contribution in [0.4, 0.5) is 0 Å². The molecule has 2 unspecified atom stereocenters. The highest BCUT2D eigenvalue weighted by Gasteiger charge is 2.25. The molecule has 0 saturated carbocycles. The fraction of sp³-hybridized carbons (Fsp3) is 0.562. The molecule has 1 amide bonds. The fourth-order valence-electron chi connectivity index (χ4n) is 2.36. The molecule has 0 aliphatic rings. The number of hydrogen-bond donors (Lipinski definition) is 1. The minimum Gasteiger partial charge on any atom is -0.335 e. The first-order chi connectivity index (χ1) is 9.15. The van der Waals surface area contributed by atoms with Crippen LogP contribution in [0, 0.1) is 5.92 Å². The summed E-state index contributed by atoms with van der Waals surface area (Å²) < 4.78 is 0. The van der Waals surface area contributed by atoms with Gasteiger partial charge < -0.3 is 10.6 Å². The largest absolute Gasteiger partial charge is 0.335 e. The van der Waals surface area contributed by atoms with Gasteiger partial charge in [-0.25, -0.2) is 0 Å². The van der Waals surface area contributed by atoms with Gasteiger partial charge in [0.2, 0.25) is 5.91 Å². The Morgan fingerprint density at radius 3 is 2.37 bits per heavy atom. The molecule has 2 N–H and O–H groups in total. The van der Waals surface area contributed by atoms with Gasteiger partial charge in [0.25, 0.3) is 0 Å². The number of hydrogen-bond acceptors (Lipinski definition) is 2. The molecule has 0 radical (unpaired) electrons. The Hall–Kier alpha value is -1.35. The summed E-state index contributed by atoms with van der Waals surface area (Å²) in [5.74, 6) is 0.0596. The second kappa shape index (κ2) is 7.95. The van der Waals surface area contributed by atoms with Gasteiger partial charge >= 0.3 is 0 Å². The number of rotatable bonds is 7. The van der Waals surface area contributed by atoms with Gasteiger partial charge in [0.1, 0.15) is 0 Å². The second-order valence-corrected chi connectivity index (χ2v) is 5.00. The topological polar surface area (TPSA) is 46.3 Å². The normalized spacial score (nSPS) is 13.9.